The molecular formula is C26H25N3O5. The van der Waals surface area contributed by atoms with E-state index in [-0.39, 0.29) is 18.2 Å². The summed E-state index contributed by atoms with van der Waals surface area (Å²) in [4.78, 5) is 41.3. The lowest BCUT2D eigenvalue weighted by atomic mass is 9.98. The molecule has 4 rings (SSSR count). The van der Waals surface area contributed by atoms with E-state index in [0.29, 0.717) is 18.7 Å². The van der Waals surface area contributed by atoms with E-state index in [1.165, 1.54) is 23.2 Å². The van der Waals surface area contributed by atoms with Gasteiger partial charge in [-0.3, -0.25) is 14.9 Å². The number of carbonyl (C=O) groups excluding carboxylic acids is 2. The van der Waals surface area contributed by atoms with Crippen molar-refractivity contribution in [2.24, 2.45) is 0 Å². The van der Waals surface area contributed by atoms with Crippen LogP contribution in [0.5, 0.6) is 0 Å². The largest absolute Gasteiger partial charge is 0.480 e. The first-order valence-electron chi connectivity index (χ1n) is 11.1. The van der Waals surface area contributed by atoms with Crippen molar-refractivity contribution < 1.29 is 24.2 Å². The molecule has 1 aromatic heterocycles. The Bertz CT molecular complexity index is 1160. The Hall–Kier alpha value is -4.20. The molecule has 0 saturated heterocycles. The minimum atomic E-state index is -1.09. The average molecular weight is 460 g/mol. The number of amides is 2. The molecule has 0 fully saturated rings. The fraction of sp³-hybridized carbons (Fsp3) is 0.231. The molecule has 0 radical (unpaired) electrons. The fourth-order valence-corrected chi connectivity index (χ4v) is 4.19. The maximum atomic E-state index is 12.5. The highest BCUT2D eigenvalue weighted by Gasteiger charge is 2.29. The maximum Gasteiger partial charge on any atom is 0.411 e. The topological polar surface area (TPSA) is 109 Å². The molecule has 0 saturated carbocycles. The van der Waals surface area contributed by atoms with Crippen LogP contribution in [0.25, 0.3) is 11.1 Å². The highest BCUT2D eigenvalue weighted by Crippen LogP contribution is 2.44. The number of aromatic nitrogens is 1. The van der Waals surface area contributed by atoms with Crippen LogP contribution in [0.3, 0.4) is 0 Å². The predicted molar refractivity (Wildman–Crippen MR) is 127 cm³/mol. The van der Waals surface area contributed by atoms with Crippen molar-refractivity contribution in [3.8, 4) is 11.1 Å². The van der Waals surface area contributed by atoms with Crippen molar-refractivity contribution in [1.82, 2.24) is 9.88 Å². The van der Waals surface area contributed by atoms with Gasteiger partial charge in [0.2, 0.25) is 0 Å². The van der Waals surface area contributed by atoms with Gasteiger partial charge in [0.05, 0.1) is 11.9 Å². The molecule has 174 valence electrons. The average Bonchev–Trinajstić information content (AvgIpc) is 3.16. The Morgan fingerprint density at radius 2 is 1.65 bits per heavy atom. The van der Waals surface area contributed by atoms with Crippen LogP contribution in [-0.2, 0) is 9.53 Å². The number of rotatable bonds is 8. The molecule has 1 aliphatic carbocycles. The summed E-state index contributed by atoms with van der Waals surface area (Å²) < 4.78 is 5.52. The van der Waals surface area contributed by atoms with Crippen LogP contribution >= 0.6 is 0 Å². The minimum absolute atomic E-state index is 0.0462. The van der Waals surface area contributed by atoms with Gasteiger partial charge in [0.15, 0.2) is 0 Å². The third-order valence-corrected chi connectivity index (χ3v) is 5.68. The number of hydrogen-bond acceptors (Lipinski definition) is 5. The third-order valence-electron chi connectivity index (χ3n) is 5.68. The fourth-order valence-electron chi connectivity index (χ4n) is 4.19. The second-order valence-electron chi connectivity index (χ2n) is 8.00. The number of pyridine rings is 1. The zero-order valence-electron chi connectivity index (χ0n) is 18.7. The number of carboxylic acids is 1. The SMILES string of the molecule is CCCN(CC(=O)O)C(=O)c1ccc(NC(=O)OCC2c3ccccc3-c3ccccc32)cn1. The number of ether oxygens (including phenoxy) is 1. The summed E-state index contributed by atoms with van der Waals surface area (Å²) in [6.45, 7) is 1.96. The molecule has 8 nitrogen and oxygen atoms in total. The number of nitrogens with one attached hydrogen (secondary N) is 1. The summed E-state index contributed by atoms with van der Waals surface area (Å²) in [6, 6.07) is 19.2. The summed E-state index contributed by atoms with van der Waals surface area (Å²) >= 11 is 0. The molecule has 0 unspecified atom stereocenters. The molecule has 2 aromatic carbocycles. The molecule has 0 aliphatic heterocycles. The van der Waals surface area contributed by atoms with Crippen molar-refractivity contribution >= 4 is 23.7 Å². The molecular weight excluding hydrogens is 434 g/mol. The third kappa shape index (κ3) is 4.91. The Kier molecular flexibility index (Phi) is 6.87. The molecule has 0 bridgehead atoms. The molecule has 2 N–H and O–H groups in total. The van der Waals surface area contributed by atoms with Crippen LogP contribution in [0.2, 0.25) is 0 Å². The lowest BCUT2D eigenvalue weighted by Crippen LogP contribution is -2.36. The summed E-state index contributed by atoms with van der Waals surface area (Å²) in [7, 11) is 0. The lowest BCUT2D eigenvalue weighted by Gasteiger charge is -2.19. The van der Waals surface area contributed by atoms with E-state index in [4.69, 9.17) is 9.84 Å². The lowest BCUT2D eigenvalue weighted by molar-refractivity contribution is -0.137. The number of carbonyl (C=O) groups is 3. The van der Waals surface area contributed by atoms with Crippen LogP contribution in [0.1, 0.15) is 40.9 Å². The van der Waals surface area contributed by atoms with Crippen molar-refractivity contribution in [1.29, 1.82) is 0 Å². The standard InChI is InChI=1S/C26H25N3O5/c1-2-13-29(15-24(30)31)25(32)23-12-11-17(14-27-23)28-26(33)34-16-22-20-9-5-3-7-18(20)19-8-4-6-10-21(19)22/h3-12,14,22H,2,13,15-16H2,1H3,(H,28,33)(H,30,31). The van der Waals surface area contributed by atoms with E-state index in [9.17, 15) is 14.4 Å². The predicted octanol–water partition coefficient (Wildman–Crippen LogP) is 4.38. The molecule has 34 heavy (non-hydrogen) atoms. The van der Waals surface area contributed by atoms with Crippen LogP contribution in [0.4, 0.5) is 10.5 Å². The first-order chi connectivity index (χ1) is 16.5. The molecule has 0 spiro atoms. The Morgan fingerprint density at radius 1 is 1.00 bits per heavy atom. The van der Waals surface area contributed by atoms with Gasteiger partial charge < -0.3 is 14.7 Å². The molecule has 3 aromatic rings. The van der Waals surface area contributed by atoms with E-state index >= 15 is 0 Å². The van der Waals surface area contributed by atoms with Gasteiger partial charge in [-0.05, 0) is 40.8 Å². The van der Waals surface area contributed by atoms with Crippen LogP contribution in [0, 0.1) is 0 Å². The van der Waals surface area contributed by atoms with Crippen molar-refractivity contribution in [2.45, 2.75) is 19.3 Å². The zero-order valence-corrected chi connectivity index (χ0v) is 18.7. The van der Waals surface area contributed by atoms with E-state index < -0.39 is 24.5 Å². The molecule has 1 aliphatic rings. The number of benzene rings is 2. The summed E-state index contributed by atoms with van der Waals surface area (Å²) in [5.74, 6) is -1.61. The highest BCUT2D eigenvalue weighted by atomic mass is 16.5. The van der Waals surface area contributed by atoms with Crippen molar-refractivity contribution in [3.05, 3.63) is 83.7 Å². The van der Waals surface area contributed by atoms with Crippen molar-refractivity contribution in [3.63, 3.8) is 0 Å². The maximum absolute atomic E-state index is 12.5. The Morgan fingerprint density at radius 3 is 2.21 bits per heavy atom. The van der Waals surface area contributed by atoms with Gasteiger partial charge in [0, 0.05) is 12.5 Å². The normalized spacial score (nSPS) is 11.9. The number of carboxylic acid groups (broad SMARTS) is 1. The first-order valence-corrected chi connectivity index (χ1v) is 11.1. The van der Waals surface area contributed by atoms with Crippen LogP contribution < -0.4 is 5.32 Å². The van der Waals surface area contributed by atoms with Crippen LogP contribution in [0.15, 0.2) is 66.9 Å². The van der Waals surface area contributed by atoms with E-state index in [0.717, 1.165) is 22.3 Å². The second-order valence-corrected chi connectivity index (χ2v) is 8.00. The van der Waals surface area contributed by atoms with Gasteiger partial charge >= 0.3 is 12.1 Å². The van der Waals surface area contributed by atoms with Crippen LogP contribution in [-0.4, -0.2) is 52.7 Å². The van der Waals surface area contributed by atoms with Gasteiger partial charge in [0.1, 0.15) is 18.8 Å². The van der Waals surface area contributed by atoms with E-state index in [2.05, 4.69) is 22.4 Å². The summed E-state index contributed by atoms with van der Waals surface area (Å²) in [6.07, 6.45) is 1.35. The smallest absolute Gasteiger partial charge is 0.411 e. The Labute approximate surface area is 197 Å². The second kappa shape index (κ2) is 10.2. The van der Waals surface area contributed by atoms with Gasteiger partial charge in [-0.1, -0.05) is 55.5 Å². The number of hydrogen-bond donors (Lipinski definition) is 2. The molecule has 2 amide bonds. The Balaban J connectivity index is 1.38. The zero-order chi connectivity index (χ0) is 24.1. The number of nitrogens with zero attached hydrogens (tertiary/aromatic N) is 2. The summed E-state index contributed by atoms with van der Waals surface area (Å²) in [5, 5.41) is 11.6. The van der Waals surface area contributed by atoms with Crippen molar-refractivity contribution in [2.75, 3.05) is 25.0 Å². The van der Waals surface area contributed by atoms with Gasteiger partial charge in [0.25, 0.3) is 5.91 Å². The number of anilines is 1. The molecule has 0 atom stereocenters. The van der Waals surface area contributed by atoms with Gasteiger partial charge in [-0.2, -0.15) is 0 Å². The van der Waals surface area contributed by atoms with E-state index in [1.807, 2.05) is 43.3 Å². The quantitative estimate of drug-likeness (QED) is 0.518. The number of aliphatic carboxylic acids is 1. The highest BCUT2D eigenvalue weighted by molar-refractivity contribution is 5.94. The molecule has 8 heteroatoms. The monoisotopic (exact) mass is 459 g/mol. The van der Waals surface area contributed by atoms with E-state index in [1.54, 1.807) is 0 Å². The van der Waals surface area contributed by atoms with Gasteiger partial charge in [-0.25, -0.2) is 9.78 Å². The number of fused-ring (bicyclic) bond motifs is 3. The first kappa shape index (κ1) is 23.0. The minimum Gasteiger partial charge on any atom is -0.480 e. The molecule has 1 heterocycles. The van der Waals surface area contributed by atoms with Gasteiger partial charge in [-0.15, -0.1) is 0 Å². The summed E-state index contributed by atoms with van der Waals surface area (Å²) in [5.41, 5.74) is 5.02.